The predicted octanol–water partition coefficient (Wildman–Crippen LogP) is 5.12. The average molecular weight is 351 g/mol. The Morgan fingerprint density at radius 3 is 2.76 bits per heavy atom. The van der Waals surface area contributed by atoms with Crippen molar-refractivity contribution in [2.45, 2.75) is 19.4 Å². The number of thiophene rings is 2. The summed E-state index contributed by atoms with van der Waals surface area (Å²) >= 11 is 13.0. The molecule has 1 unspecified atom stereocenters. The van der Waals surface area contributed by atoms with Crippen LogP contribution in [0.4, 0.5) is 0 Å². The van der Waals surface area contributed by atoms with Crippen molar-refractivity contribution in [3.05, 3.63) is 42.1 Å². The lowest BCUT2D eigenvalue weighted by Gasteiger charge is -2.16. The van der Waals surface area contributed by atoms with E-state index in [4.69, 9.17) is 11.6 Å². The van der Waals surface area contributed by atoms with Crippen molar-refractivity contribution in [2.75, 3.05) is 6.54 Å². The summed E-state index contributed by atoms with van der Waals surface area (Å²) in [7, 11) is 0. The molecule has 0 saturated heterocycles. The van der Waals surface area contributed by atoms with Gasteiger partial charge in [-0.3, -0.25) is 0 Å². The Morgan fingerprint density at radius 2 is 2.24 bits per heavy atom. The Balaban J connectivity index is 2.15. The van der Waals surface area contributed by atoms with Gasteiger partial charge in [-0.1, -0.05) is 18.5 Å². The minimum Gasteiger partial charge on any atom is -0.309 e. The van der Waals surface area contributed by atoms with Gasteiger partial charge < -0.3 is 5.32 Å². The summed E-state index contributed by atoms with van der Waals surface area (Å²) in [6.07, 6.45) is 0.990. The number of rotatable bonds is 5. The van der Waals surface area contributed by atoms with E-state index in [1.165, 1.54) is 14.2 Å². The molecule has 92 valence electrons. The molecule has 0 spiro atoms. The molecule has 2 heterocycles. The molecule has 0 aliphatic carbocycles. The summed E-state index contributed by atoms with van der Waals surface area (Å²) in [5, 5.41) is 5.64. The largest absolute Gasteiger partial charge is 0.309 e. The molecular weight excluding hydrogens is 338 g/mol. The number of nitrogens with one attached hydrogen (secondary N) is 1. The van der Waals surface area contributed by atoms with Gasteiger partial charge in [0.15, 0.2) is 0 Å². The minimum absolute atomic E-state index is 0.365. The van der Waals surface area contributed by atoms with E-state index in [1.807, 2.05) is 6.07 Å². The molecule has 0 aromatic carbocycles. The molecule has 5 heteroatoms. The highest BCUT2D eigenvalue weighted by Gasteiger charge is 2.16. The average Bonchev–Trinajstić information content (AvgIpc) is 2.87. The summed E-state index contributed by atoms with van der Waals surface area (Å²) in [6, 6.07) is 6.54. The van der Waals surface area contributed by atoms with E-state index in [0.717, 1.165) is 17.3 Å². The molecule has 0 saturated carbocycles. The summed E-state index contributed by atoms with van der Waals surface area (Å²) in [5.74, 6) is 0. The number of likely N-dealkylation sites (N-methyl/N-ethyl adjacent to an activating group) is 1. The van der Waals surface area contributed by atoms with Crippen LogP contribution in [0.25, 0.3) is 0 Å². The fourth-order valence-electron chi connectivity index (χ4n) is 1.72. The van der Waals surface area contributed by atoms with Crippen molar-refractivity contribution in [1.82, 2.24) is 5.32 Å². The summed E-state index contributed by atoms with van der Waals surface area (Å²) < 4.78 is 2.05. The molecule has 2 aromatic heterocycles. The van der Waals surface area contributed by atoms with E-state index < -0.39 is 0 Å². The Kier molecular flexibility index (Phi) is 5.06. The minimum atomic E-state index is 0.365. The van der Waals surface area contributed by atoms with E-state index in [2.05, 4.69) is 45.7 Å². The van der Waals surface area contributed by atoms with Crippen molar-refractivity contribution >= 4 is 50.2 Å². The van der Waals surface area contributed by atoms with Gasteiger partial charge in [0.05, 0.1) is 4.34 Å². The molecule has 1 nitrogen and oxygen atoms in total. The van der Waals surface area contributed by atoms with Crippen LogP contribution in [0.5, 0.6) is 0 Å². The second kappa shape index (κ2) is 6.34. The zero-order valence-electron chi connectivity index (χ0n) is 9.37. The van der Waals surface area contributed by atoms with Crippen molar-refractivity contribution in [3.63, 3.8) is 0 Å². The van der Waals surface area contributed by atoms with Crippen LogP contribution >= 0.6 is 50.2 Å². The molecule has 0 aliphatic heterocycles. The molecule has 0 radical (unpaired) electrons. The number of halogens is 2. The van der Waals surface area contributed by atoms with Gasteiger partial charge in [-0.15, -0.1) is 22.7 Å². The normalized spacial score (nSPS) is 12.9. The predicted molar refractivity (Wildman–Crippen MR) is 81.5 cm³/mol. The van der Waals surface area contributed by atoms with Crippen molar-refractivity contribution in [2.24, 2.45) is 0 Å². The van der Waals surface area contributed by atoms with Crippen LogP contribution < -0.4 is 5.32 Å². The number of hydrogen-bond acceptors (Lipinski definition) is 3. The van der Waals surface area contributed by atoms with E-state index in [9.17, 15) is 0 Å². The molecule has 0 fully saturated rings. The molecule has 1 atom stereocenters. The van der Waals surface area contributed by atoms with Crippen molar-refractivity contribution in [1.29, 1.82) is 0 Å². The Labute approximate surface area is 123 Å². The molecule has 0 bridgehead atoms. The first kappa shape index (κ1) is 13.6. The Bertz CT molecular complexity index is 480. The monoisotopic (exact) mass is 349 g/mol. The SMILES string of the molecule is CCNC(Cc1ccc(Cl)s1)c1sccc1Br. The molecule has 0 amide bonds. The molecule has 2 aromatic rings. The van der Waals surface area contributed by atoms with Crippen LogP contribution in [0.3, 0.4) is 0 Å². The first-order valence-corrected chi connectivity index (χ1v) is 8.28. The second-order valence-electron chi connectivity index (χ2n) is 3.65. The molecule has 1 N–H and O–H groups in total. The highest BCUT2D eigenvalue weighted by atomic mass is 79.9. The van der Waals surface area contributed by atoms with Crippen LogP contribution in [-0.2, 0) is 6.42 Å². The van der Waals surface area contributed by atoms with E-state index in [0.29, 0.717) is 6.04 Å². The van der Waals surface area contributed by atoms with Gasteiger partial charge >= 0.3 is 0 Å². The van der Waals surface area contributed by atoms with Gasteiger partial charge in [0.2, 0.25) is 0 Å². The van der Waals surface area contributed by atoms with Crippen LogP contribution in [0.15, 0.2) is 28.1 Å². The Hall–Kier alpha value is 0.130. The first-order chi connectivity index (χ1) is 8.20. The topological polar surface area (TPSA) is 12.0 Å². The van der Waals surface area contributed by atoms with Gasteiger partial charge in [0, 0.05) is 26.7 Å². The van der Waals surface area contributed by atoms with Crippen LogP contribution in [0.2, 0.25) is 4.34 Å². The summed E-state index contributed by atoms with van der Waals surface area (Å²) in [5.41, 5.74) is 0. The van der Waals surface area contributed by atoms with E-state index >= 15 is 0 Å². The molecule has 0 aliphatic rings. The first-order valence-electron chi connectivity index (χ1n) is 5.41. The molecular formula is C12H13BrClNS2. The standard InChI is InChI=1S/C12H13BrClNS2/c1-2-15-10(12-9(13)5-6-16-12)7-8-3-4-11(14)17-8/h3-6,10,15H,2,7H2,1H3. The second-order valence-corrected chi connectivity index (χ2v) is 7.25. The summed E-state index contributed by atoms with van der Waals surface area (Å²) in [6.45, 7) is 3.10. The Morgan fingerprint density at radius 1 is 1.41 bits per heavy atom. The third-order valence-corrected chi connectivity index (χ3v) is 5.68. The van der Waals surface area contributed by atoms with Crippen LogP contribution in [-0.4, -0.2) is 6.54 Å². The zero-order chi connectivity index (χ0) is 12.3. The lowest BCUT2D eigenvalue weighted by Crippen LogP contribution is -2.22. The lowest BCUT2D eigenvalue weighted by molar-refractivity contribution is 0.560. The fourth-order valence-corrected chi connectivity index (χ4v) is 4.58. The maximum atomic E-state index is 5.97. The fraction of sp³-hybridized carbons (Fsp3) is 0.333. The van der Waals surface area contributed by atoms with E-state index in [1.54, 1.807) is 22.7 Å². The third kappa shape index (κ3) is 3.55. The smallest absolute Gasteiger partial charge is 0.0931 e. The third-order valence-electron chi connectivity index (χ3n) is 2.45. The van der Waals surface area contributed by atoms with Gasteiger partial charge in [0.1, 0.15) is 0 Å². The summed E-state index contributed by atoms with van der Waals surface area (Å²) in [4.78, 5) is 2.68. The quantitative estimate of drug-likeness (QED) is 0.789. The van der Waals surface area contributed by atoms with Crippen molar-refractivity contribution in [3.8, 4) is 0 Å². The van der Waals surface area contributed by atoms with Crippen LogP contribution in [0.1, 0.15) is 22.7 Å². The highest BCUT2D eigenvalue weighted by molar-refractivity contribution is 9.10. The lowest BCUT2D eigenvalue weighted by atomic mass is 10.1. The molecule has 2 rings (SSSR count). The maximum absolute atomic E-state index is 5.97. The van der Waals surface area contributed by atoms with Gasteiger partial charge in [-0.05, 0) is 46.1 Å². The zero-order valence-corrected chi connectivity index (χ0v) is 13.3. The van der Waals surface area contributed by atoms with Gasteiger partial charge in [-0.25, -0.2) is 0 Å². The van der Waals surface area contributed by atoms with Gasteiger partial charge in [0.25, 0.3) is 0 Å². The maximum Gasteiger partial charge on any atom is 0.0931 e. The van der Waals surface area contributed by atoms with Crippen LogP contribution in [0, 0.1) is 0 Å². The highest BCUT2D eigenvalue weighted by Crippen LogP contribution is 2.33. The van der Waals surface area contributed by atoms with E-state index in [-0.39, 0.29) is 0 Å². The molecule has 17 heavy (non-hydrogen) atoms. The van der Waals surface area contributed by atoms with Crippen molar-refractivity contribution < 1.29 is 0 Å². The van der Waals surface area contributed by atoms with Gasteiger partial charge in [-0.2, -0.15) is 0 Å². The number of hydrogen-bond donors (Lipinski definition) is 1.